The van der Waals surface area contributed by atoms with E-state index in [0.29, 0.717) is 30.9 Å². The lowest BCUT2D eigenvalue weighted by Crippen LogP contribution is -2.52. The largest absolute Gasteiger partial charge is 0.377 e. The van der Waals surface area contributed by atoms with Crippen LogP contribution < -0.4 is 0 Å². The van der Waals surface area contributed by atoms with E-state index in [4.69, 9.17) is 10.00 Å². The van der Waals surface area contributed by atoms with Crippen molar-refractivity contribution in [3.63, 3.8) is 0 Å². The van der Waals surface area contributed by atoms with Crippen LogP contribution in [0.2, 0.25) is 0 Å². The second-order valence-electron chi connectivity index (χ2n) is 5.18. The van der Waals surface area contributed by atoms with Crippen LogP contribution in [0.25, 0.3) is 0 Å². The lowest BCUT2D eigenvalue weighted by Gasteiger charge is -2.37. The molecule has 0 radical (unpaired) electrons. The summed E-state index contributed by atoms with van der Waals surface area (Å²) in [6.07, 6.45) is 0. The van der Waals surface area contributed by atoms with Crippen LogP contribution in [0, 0.1) is 11.3 Å². The van der Waals surface area contributed by atoms with Gasteiger partial charge >= 0.3 is 0 Å². The summed E-state index contributed by atoms with van der Waals surface area (Å²) in [5.74, 6) is -0.0303. The maximum atomic E-state index is 12.6. The lowest BCUT2D eigenvalue weighted by atomic mass is 10.1. The van der Waals surface area contributed by atoms with Crippen LogP contribution >= 0.6 is 0 Å². The molecule has 1 atom stereocenters. The van der Waals surface area contributed by atoms with Gasteiger partial charge in [0.15, 0.2) is 0 Å². The summed E-state index contributed by atoms with van der Waals surface area (Å²) in [5, 5.41) is 8.92. The van der Waals surface area contributed by atoms with Crippen molar-refractivity contribution in [1.82, 2.24) is 9.80 Å². The molecule has 5 heteroatoms. The van der Waals surface area contributed by atoms with Crippen molar-refractivity contribution in [1.29, 1.82) is 5.26 Å². The van der Waals surface area contributed by atoms with E-state index in [9.17, 15) is 4.79 Å². The highest BCUT2D eigenvalue weighted by Gasteiger charge is 2.28. The second kappa shape index (κ2) is 6.51. The molecule has 2 rings (SSSR count). The van der Waals surface area contributed by atoms with Gasteiger partial charge in [0.2, 0.25) is 0 Å². The molecule has 106 valence electrons. The zero-order valence-electron chi connectivity index (χ0n) is 11.9. The van der Waals surface area contributed by atoms with Crippen molar-refractivity contribution in [2.45, 2.75) is 6.04 Å². The van der Waals surface area contributed by atoms with E-state index in [-0.39, 0.29) is 11.9 Å². The van der Waals surface area contributed by atoms with Gasteiger partial charge in [-0.2, -0.15) is 5.26 Å². The fourth-order valence-corrected chi connectivity index (χ4v) is 2.38. The summed E-state index contributed by atoms with van der Waals surface area (Å²) in [4.78, 5) is 16.5. The minimum absolute atomic E-state index is 0.0303. The quantitative estimate of drug-likeness (QED) is 0.823. The lowest BCUT2D eigenvalue weighted by molar-refractivity contribution is -0.00830. The molecule has 1 heterocycles. The van der Waals surface area contributed by atoms with Gasteiger partial charge in [-0.15, -0.1) is 0 Å². The third-order valence-electron chi connectivity index (χ3n) is 3.30. The Hall–Kier alpha value is -1.90. The molecule has 0 spiro atoms. The van der Waals surface area contributed by atoms with Crippen molar-refractivity contribution in [3.05, 3.63) is 35.4 Å². The van der Waals surface area contributed by atoms with Crippen molar-refractivity contribution in [2.75, 3.05) is 40.4 Å². The molecular formula is C15H19N3O2. The van der Waals surface area contributed by atoms with Crippen LogP contribution in [-0.2, 0) is 4.74 Å². The predicted molar refractivity (Wildman–Crippen MR) is 75.4 cm³/mol. The molecule has 20 heavy (non-hydrogen) atoms. The molecule has 0 saturated carbocycles. The number of hydrogen-bond donors (Lipinski definition) is 0. The summed E-state index contributed by atoms with van der Waals surface area (Å²) in [6, 6.07) is 8.96. The Morgan fingerprint density at radius 3 is 3.05 bits per heavy atom. The minimum atomic E-state index is -0.0303. The Kier molecular flexibility index (Phi) is 4.72. The van der Waals surface area contributed by atoms with Crippen LogP contribution in [-0.4, -0.2) is 62.1 Å². The van der Waals surface area contributed by atoms with Crippen molar-refractivity contribution in [3.8, 4) is 6.07 Å². The highest BCUT2D eigenvalue weighted by atomic mass is 16.5. The molecule has 1 aromatic rings. The van der Waals surface area contributed by atoms with E-state index in [0.717, 1.165) is 6.54 Å². The molecule has 0 aromatic heterocycles. The van der Waals surface area contributed by atoms with Crippen LogP contribution in [0.4, 0.5) is 0 Å². The number of carbonyl (C=O) groups is 1. The number of ether oxygens (including phenoxy) is 1. The predicted octanol–water partition coefficient (Wildman–Crippen LogP) is 0.961. The standard InChI is InChI=1S/C15H19N3O2/c1-17(2)10-14-11-20-7-6-18(14)15(19)13-5-3-4-12(8-13)9-16/h3-5,8,14H,6-7,10-11H2,1-2H3/t14-/m1/s1. The first-order valence-corrected chi connectivity index (χ1v) is 6.65. The number of rotatable bonds is 3. The molecule has 1 fully saturated rings. The van der Waals surface area contributed by atoms with E-state index in [1.807, 2.05) is 23.9 Å². The van der Waals surface area contributed by atoms with E-state index < -0.39 is 0 Å². The minimum Gasteiger partial charge on any atom is -0.377 e. The van der Waals surface area contributed by atoms with Gasteiger partial charge in [-0.3, -0.25) is 4.79 Å². The number of likely N-dealkylation sites (N-methyl/N-ethyl adjacent to an activating group) is 1. The SMILES string of the molecule is CN(C)C[C@@H]1COCCN1C(=O)c1cccc(C#N)c1. The summed E-state index contributed by atoms with van der Waals surface area (Å²) in [6.45, 7) is 2.48. The molecule has 0 aliphatic carbocycles. The molecule has 0 unspecified atom stereocenters. The van der Waals surface area contributed by atoms with Gasteiger partial charge in [0, 0.05) is 18.7 Å². The summed E-state index contributed by atoms with van der Waals surface area (Å²) >= 11 is 0. The van der Waals surface area contributed by atoms with Gasteiger partial charge in [-0.25, -0.2) is 0 Å². The van der Waals surface area contributed by atoms with Gasteiger partial charge < -0.3 is 14.5 Å². The third kappa shape index (κ3) is 3.35. The molecule has 1 amide bonds. The van der Waals surface area contributed by atoms with Crippen LogP contribution in [0.3, 0.4) is 0 Å². The first kappa shape index (κ1) is 14.5. The number of carbonyl (C=O) groups excluding carboxylic acids is 1. The number of hydrogen-bond acceptors (Lipinski definition) is 4. The Balaban J connectivity index is 2.18. The monoisotopic (exact) mass is 273 g/mol. The molecule has 0 N–H and O–H groups in total. The summed E-state index contributed by atoms with van der Waals surface area (Å²) in [5.41, 5.74) is 1.07. The smallest absolute Gasteiger partial charge is 0.254 e. The average molecular weight is 273 g/mol. The van der Waals surface area contributed by atoms with Crippen molar-refractivity contribution in [2.24, 2.45) is 0 Å². The van der Waals surface area contributed by atoms with Gasteiger partial charge in [-0.05, 0) is 32.3 Å². The highest BCUT2D eigenvalue weighted by molar-refractivity contribution is 5.94. The van der Waals surface area contributed by atoms with Crippen LogP contribution in [0.5, 0.6) is 0 Å². The van der Waals surface area contributed by atoms with Gasteiger partial charge in [0.05, 0.1) is 30.9 Å². The Morgan fingerprint density at radius 2 is 2.35 bits per heavy atom. The van der Waals surface area contributed by atoms with E-state index in [1.54, 1.807) is 24.3 Å². The zero-order chi connectivity index (χ0) is 14.5. The van der Waals surface area contributed by atoms with Crippen LogP contribution in [0.1, 0.15) is 15.9 Å². The summed E-state index contributed by atoms with van der Waals surface area (Å²) < 4.78 is 5.47. The number of morpholine rings is 1. The van der Waals surface area contributed by atoms with Gasteiger partial charge in [-0.1, -0.05) is 6.07 Å². The summed E-state index contributed by atoms with van der Waals surface area (Å²) in [7, 11) is 3.96. The Labute approximate surface area is 119 Å². The first-order chi connectivity index (χ1) is 9.61. The fraction of sp³-hybridized carbons (Fsp3) is 0.467. The molecule has 1 saturated heterocycles. The highest BCUT2D eigenvalue weighted by Crippen LogP contribution is 2.14. The van der Waals surface area contributed by atoms with Crippen LogP contribution in [0.15, 0.2) is 24.3 Å². The topological polar surface area (TPSA) is 56.6 Å². The van der Waals surface area contributed by atoms with E-state index in [2.05, 4.69) is 6.07 Å². The van der Waals surface area contributed by atoms with E-state index in [1.165, 1.54) is 0 Å². The average Bonchev–Trinajstić information content (AvgIpc) is 2.46. The second-order valence-corrected chi connectivity index (χ2v) is 5.18. The fourth-order valence-electron chi connectivity index (χ4n) is 2.38. The molecule has 1 aliphatic heterocycles. The molecule has 0 bridgehead atoms. The maximum Gasteiger partial charge on any atom is 0.254 e. The molecular weight excluding hydrogens is 254 g/mol. The van der Waals surface area contributed by atoms with Gasteiger partial charge in [0.1, 0.15) is 0 Å². The number of benzene rings is 1. The molecule has 1 aliphatic rings. The number of nitriles is 1. The Bertz CT molecular complexity index is 522. The third-order valence-corrected chi connectivity index (χ3v) is 3.30. The molecule has 5 nitrogen and oxygen atoms in total. The zero-order valence-corrected chi connectivity index (χ0v) is 11.9. The van der Waals surface area contributed by atoms with Crippen molar-refractivity contribution < 1.29 is 9.53 Å². The van der Waals surface area contributed by atoms with Gasteiger partial charge in [0.25, 0.3) is 5.91 Å². The normalized spacial score (nSPS) is 18.9. The van der Waals surface area contributed by atoms with Crippen molar-refractivity contribution >= 4 is 5.91 Å². The molecule has 1 aromatic carbocycles. The number of amides is 1. The maximum absolute atomic E-state index is 12.6. The number of nitrogens with zero attached hydrogens (tertiary/aromatic N) is 3. The Morgan fingerprint density at radius 1 is 1.55 bits per heavy atom. The first-order valence-electron chi connectivity index (χ1n) is 6.65. The van der Waals surface area contributed by atoms with E-state index >= 15 is 0 Å².